The molecule has 64 valence electrons. The molecule has 0 fully saturated rings. The van der Waals surface area contributed by atoms with Gasteiger partial charge < -0.3 is 5.32 Å². The van der Waals surface area contributed by atoms with Crippen molar-refractivity contribution in [3.05, 3.63) is 12.3 Å². The number of hydrogen-bond acceptors (Lipinski definition) is 3. The van der Waals surface area contributed by atoms with Crippen LogP contribution in [0.2, 0.25) is 0 Å². The van der Waals surface area contributed by atoms with Crippen molar-refractivity contribution in [3.63, 3.8) is 0 Å². The number of nitrogens with zero attached hydrogens (tertiary/aromatic N) is 3. The Morgan fingerprint density at radius 1 is 1.83 bits per heavy atom. The van der Waals surface area contributed by atoms with E-state index in [1.165, 1.54) is 0 Å². The van der Waals surface area contributed by atoms with Crippen LogP contribution in [0.5, 0.6) is 0 Å². The molecule has 0 bridgehead atoms. The number of anilines is 1. The molecule has 0 radical (unpaired) electrons. The summed E-state index contributed by atoms with van der Waals surface area (Å²) in [6, 6.07) is 3.86. The lowest BCUT2D eigenvalue weighted by atomic mass is 10.2. The van der Waals surface area contributed by atoms with Crippen LogP contribution in [0.25, 0.3) is 0 Å². The summed E-state index contributed by atoms with van der Waals surface area (Å²) in [4.78, 5) is 0. The van der Waals surface area contributed by atoms with Gasteiger partial charge in [0.05, 0.1) is 6.07 Å². The third kappa shape index (κ3) is 1.99. The Bertz CT molecular complexity index is 283. The highest BCUT2D eigenvalue weighted by atomic mass is 15.3. The molecule has 0 saturated carbocycles. The van der Waals surface area contributed by atoms with Crippen molar-refractivity contribution in [2.45, 2.75) is 19.4 Å². The second-order valence-electron chi connectivity index (χ2n) is 2.61. The van der Waals surface area contributed by atoms with Gasteiger partial charge in [-0.2, -0.15) is 10.4 Å². The minimum Gasteiger partial charge on any atom is -0.353 e. The summed E-state index contributed by atoms with van der Waals surface area (Å²) >= 11 is 0. The van der Waals surface area contributed by atoms with Crippen LogP contribution in [0.15, 0.2) is 12.3 Å². The van der Waals surface area contributed by atoms with Gasteiger partial charge in [-0.1, -0.05) is 6.92 Å². The maximum Gasteiger partial charge on any atom is 0.148 e. The average Bonchev–Trinajstić information content (AvgIpc) is 2.47. The Morgan fingerprint density at radius 3 is 3.00 bits per heavy atom. The van der Waals surface area contributed by atoms with E-state index in [1.54, 1.807) is 4.68 Å². The molecule has 1 aromatic rings. The molecular formula is C8H12N4. The molecule has 1 atom stereocenters. The van der Waals surface area contributed by atoms with E-state index < -0.39 is 0 Å². The van der Waals surface area contributed by atoms with Gasteiger partial charge in [0.2, 0.25) is 0 Å². The van der Waals surface area contributed by atoms with Crippen molar-refractivity contribution in [1.82, 2.24) is 9.78 Å². The lowest BCUT2D eigenvalue weighted by Crippen LogP contribution is -2.16. The van der Waals surface area contributed by atoms with Crippen LogP contribution >= 0.6 is 0 Å². The molecule has 0 spiro atoms. The van der Waals surface area contributed by atoms with Crippen LogP contribution in [0.3, 0.4) is 0 Å². The first kappa shape index (κ1) is 8.60. The molecule has 0 aliphatic heterocycles. The fourth-order valence-corrected chi connectivity index (χ4v) is 0.896. The Balaban J connectivity index is 2.58. The Labute approximate surface area is 71.8 Å². The van der Waals surface area contributed by atoms with E-state index in [9.17, 15) is 0 Å². The molecule has 1 rings (SSSR count). The molecule has 0 saturated heterocycles. The van der Waals surface area contributed by atoms with Crippen molar-refractivity contribution < 1.29 is 0 Å². The fraction of sp³-hybridized carbons (Fsp3) is 0.500. The number of aromatic nitrogens is 2. The fourth-order valence-electron chi connectivity index (χ4n) is 0.896. The van der Waals surface area contributed by atoms with Gasteiger partial charge in [0, 0.05) is 19.3 Å². The van der Waals surface area contributed by atoms with Crippen molar-refractivity contribution >= 4 is 5.82 Å². The summed E-state index contributed by atoms with van der Waals surface area (Å²) in [7, 11) is 1.85. The summed E-state index contributed by atoms with van der Waals surface area (Å²) in [5.74, 6) is 0.755. The van der Waals surface area contributed by atoms with E-state index in [2.05, 4.69) is 16.5 Å². The van der Waals surface area contributed by atoms with Gasteiger partial charge in [0.1, 0.15) is 11.9 Å². The van der Waals surface area contributed by atoms with Gasteiger partial charge in [-0.25, -0.2) is 0 Å². The molecule has 1 N–H and O–H groups in total. The van der Waals surface area contributed by atoms with E-state index in [1.807, 2.05) is 26.2 Å². The smallest absolute Gasteiger partial charge is 0.148 e. The molecule has 0 aliphatic rings. The van der Waals surface area contributed by atoms with Gasteiger partial charge in [-0.15, -0.1) is 0 Å². The Hall–Kier alpha value is -1.50. The first-order chi connectivity index (χ1) is 5.76. The van der Waals surface area contributed by atoms with Crippen molar-refractivity contribution in [1.29, 1.82) is 5.26 Å². The number of nitriles is 1. The molecule has 0 aromatic carbocycles. The number of nitrogens with one attached hydrogen (secondary N) is 1. The monoisotopic (exact) mass is 164 g/mol. The molecule has 12 heavy (non-hydrogen) atoms. The van der Waals surface area contributed by atoms with Crippen LogP contribution in [0, 0.1) is 11.3 Å². The summed E-state index contributed by atoms with van der Waals surface area (Å²) in [6.07, 6.45) is 2.62. The summed E-state index contributed by atoms with van der Waals surface area (Å²) in [6.45, 7) is 1.96. The first-order valence-electron chi connectivity index (χ1n) is 3.92. The zero-order valence-corrected chi connectivity index (χ0v) is 7.28. The largest absolute Gasteiger partial charge is 0.353 e. The second kappa shape index (κ2) is 3.77. The van der Waals surface area contributed by atoms with Crippen LogP contribution in [0.1, 0.15) is 13.3 Å². The number of rotatable bonds is 3. The third-order valence-electron chi connectivity index (χ3n) is 1.60. The van der Waals surface area contributed by atoms with Gasteiger partial charge in [-0.3, -0.25) is 4.68 Å². The lowest BCUT2D eigenvalue weighted by Gasteiger charge is -2.06. The average molecular weight is 164 g/mol. The maximum atomic E-state index is 8.65. The van der Waals surface area contributed by atoms with E-state index in [0.717, 1.165) is 12.2 Å². The second-order valence-corrected chi connectivity index (χ2v) is 2.61. The van der Waals surface area contributed by atoms with E-state index >= 15 is 0 Å². The van der Waals surface area contributed by atoms with Gasteiger partial charge in [-0.05, 0) is 6.42 Å². The van der Waals surface area contributed by atoms with Crippen LogP contribution < -0.4 is 5.32 Å². The molecule has 4 nitrogen and oxygen atoms in total. The van der Waals surface area contributed by atoms with E-state index in [0.29, 0.717) is 0 Å². The standard InChI is InChI=1S/C8H12N4/c1-3-7(6-9)10-8-4-5-12(2)11-8/h4-5,7H,3H2,1-2H3,(H,10,11). The summed E-state index contributed by atoms with van der Waals surface area (Å²) in [5, 5.41) is 15.8. The molecule has 1 aromatic heterocycles. The normalized spacial score (nSPS) is 12.1. The highest BCUT2D eigenvalue weighted by Gasteiger charge is 2.04. The van der Waals surface area contributed by atoms with Crippen LogP contribution in [-0.2, 0) is 7.05 Å². The summed E-state index contributed by atoms with van der Waals surface area (Å²) in [5.41, 5.74) is 0. The van der Waals surface area contributed by atoms with Crippen LogP contribution in [-0.4, -0.2) is 15.8 Å². The van der Waals surface area contributed by atoms with Crippen molar-refractivity contribution in [2.24, 2.45) is 7.05 Å². The zero-order valence-electron chi connectivity index (χ0n) is 7.28. The number of hydrogen-bond donors (Lipinski definition) is 1. The SMILES string of the molecule is CCC(C#N)Nc1ccn(C)n1. The maximum absolute atomic E-state index is 8.65. The highest BCUT2D eigenvalue weighted by molar-refractivity contribution is 5.35. The predicted octanol–water partition coefficient (Wildman–Crippen LogP) is 1.13. The quantitative estimate of drug-likeness (QED) is 0.728. The highest BCUT2D eigenvalue weighted by Crippen LogP contribution is 2.04. The van der Waals surface area contributed by atoms with Crippen molar-refractivity contribution in [3.8, 4) is 6.07 Å². The Kier molecular flexibility index (Phi) is 2.70. The van der Waals surface area contributed by atoms with Crippen LogP contribution in [0.4, 0.5) is 5.82 Å². The molecule has 1 unspecified atom stereocenters. The van der Waals surface area contributed by atoms with Crippen molar-refractivity contribution in [2.75, 3.05) is 5.32 Å². The minimum absolute atomic E-state index is 0.139. The molecule has 0 aliphatic carbocycles. The van der Waals surface area contributed by atoms with E-state index in [4.69, 9.17) is 5.26 Å². The third-order valence-corrected chi connectivity index (χ3v) is 1.60. The first-order valence-corrected chi connectivity index (χ1v) is 3.92. The topological polar surface area (TPSA) is 53.6 Å². The summed E-state index contributed by atoms with van der Waals surface area (Å²) < 4.78 is 1.70. The molecule has 0 amide bonds. The number of aryl methyl sites for hydroxylation is 1. The molecular weight excluding hydrogens is 152 g/mol. The van der Waals surface area contributed by atoms with Gasteiger partial charge in [0.15, 0.2) is 0 Å². The zero-order chi connectivity index (χ0) is 8.97. The minimum atomic E-state index is -0.139. The molecule has 1 heterocycles. The van der Waals surface area contributed by atoms with E-state index in [-0.39, 0.29) is 6.04 Å². The molecule has 4 heteroatoms. The predicted molar refractivity (Wildman–Crippen MR) is 46.5 cm³/mol. The Morgan fingerprint density at radius 2 is 2.58 bits per heavy atom. The lowest BCUT2D eigenvalue weighted by molar-refractivity contribution is 0.759. The van der Waals surface area contributed by atoms with Gasteiger partial charge in [0.25, 0.3) is 0 Å². The van der Waals surface area contributed by atoms with Gasteiger partial charge >= 0.3 is 0 Å².